The molecular weight excluding hydrogens is 152 g/mol. The van der Waals surface area contributed by atoms with Crippen LogP contribution in [0.15, 0.2) is 0 Å². The molecule has 3 heterocycles. The van der Waals surface area contributed by atoms with Gasteiger partial charge in [0, 0.05) is 18.5 Å². The summed E-state index contributed by atoms with van der Waals surface area (Å²) in [4.78, 5) is 7.93. The van der Waals surface area contributed by atoms with Crippen molar-refractivity contribution in [1.29, 1.82) is 0 Å². The molecular formula is C9H16N2O. The van der Waals surface area contributed by atoms with Gasteiger partial charge in [-0.3, -0.25) is 4.90 Å². The molecule has 0 saturated carbocycles. The normalized spacial score (nSPS) is 47.5. The number of nitrogens with zero attached hydrogens (tertiary/aromatic N) is 1. The average molecular weight is 168 g/mol. The van der Waals surface area contributed by atoms with Crippen molar-refractivity contribution >= 4 is 0 Å². The van der Waals surface area contributed by atoms with Crippen molar-refractivity contribution < 1.29 is 4.84 Å². The van der Waals surface area contributed by atoms with E-state index in [1.165, 1.54) is 32.4 Å². The van der Waals surface area contributed by atoms with Gasteiger partial charge in [0.15, 0.2) is 0 Å². The molecule has 0 aromatic heterocycles. The van der Waals surface area contributed by atoms with E-state index in [4.69, 9.17) is 4.84 Å². The van der Waals surface area contributed by atoms with Gasteiger partial charge in [-0.05, 0) is 19.4 Å². The van der Waals surface area contributed by atoms with E-state index in [9.17, 15) is 0 Å². The molecule has 3 rings (SSSR count). The van der Waals surface area contributed by atoms with Crippen LogP contribution >= 0.6 is 0 Å². The second-order valence-corrected chi connectivity index (χ2v) is 4.26. The lowest BCUT2D eigenvalue weighted by atomic mass is 9.92. The first kappa shape index (κ1) is 7.30. The predicted octanol–water partition coefficient (Wildman–Crippen LogP) is 0.374. The first-order valence-corrected chi connectivity index (χ1v) is 5.06. The van der Waals surface area contributed by atoms with Gasteiger partial charge in [0.05, 0.1) is 12.6 Å². The molecule has 0 aromatic carbocycles. The number of piperidine rings is 1. The highest BCUT2D eigenvalue weighted by molar-refractivity contribution is 4.99. The van der Waals surface area contributed by atoms with Gasteiger partial charge < -0.3 is 4.84 Å². The summed E-state index contributed by atoms with van der Waals surface area (Å²) in [5.41, 5.74) is 3.13. The topological polar surface area (TPSA) is 24.5 Å². The molecule has 3 atom stereocenters. The SMILES string of the molecule is C1CCN2C[C@H]3NOC[C@H]3[C@@H]2C1. The van der Waals surface area contributed by atoms with Crippen LogP contribution in [-0.4, -0.2) is 36.7 Å². The van der Waals surface area contributed by atoms with E-state index in [0.29, 0.717) is 6.04 Å². The van der Waals surface area contributed by atoms with Gasteiger partial charge in [-0.2, -0.15) is 5.48 Å². The van der Waals surface area contributed by atoms with Crippen LogP contribution in [0.5, 0.6) is 0 Å². The second kappa shape index (κ2) is 2.69. The van der Waals surface area contributed by atoms with Gasteiger partial charge in [-0.15, -0.1) is 0 Å². The van der Waals surface area contributed by atoms with E-state index in [0.717, 1.165) is 18.6 Å². The van der Waals surface area contributed by atoms with Crippen LogP contribution in [0.2, 0.25) is 0 Å². The lowest BCUT2D eigenvalue weighted by Crippen LogP contribution is -2.38. The summed E-state index contributed by atoms with van der Waals surface area (Å²) < 4.78 is 0. The maximum absolute atomic E-state index is 5.28. The highest BCUT2D eigenvalue weighted by Crippen LogP contribution is 2.34. The van der Waals surface area contributed by atoms with Crippen molar-refractivity contribution in [3.05, 3.63) is 0 Å². The maximum atomic E-state index is 5.28. The number of hydrogen-bond donors (Lipinski definition) is 1. The van der Waals surface area contributed by atoms with Crippen LogP contribution < -0.4 is 5.48 Å². The molecule has 68 valence electrons. The van der Waals surface area contributed by atoms with Crippen LogP contribution in [0.3, 0.4) is 0 Å². The van der Waals surface area contributed by atoms with Crippen LogP contribution in [0.1, 0.15) is 19.3 Å². The fourth-order valence-electron chi connectivity index (χ4n) is 2.99. The van der Waals surface area contributed by atoms with E-state index in [-0.39, 0.29) is 0 Å². The Hall–Kier alpha value is -0.120. The zero-order chi connectivity index (χ0) is 7.97. The summed E-state index contributed by atoms with van der Waals surface area (Å²) >= 11 is 0. The van der Waals surface area contributed by atoms with Gasteiger partial charge in [0.1, 0.15) is 0 Å². The number of fused-ring (bicyclic) bond motifs is 3. The zero-order valence-corrected chi connectivity index (χ0v) is 7.33. The van der Waals surface area contributed by atoms with Gasteiger partial charge >= 0.3 is 0 Å². The Labute approximate surface area is 73.0 Å². The average Bonchev–Trinajstić information content (AvgIpc) is 2.62. The number of rotatable bonds is 0. The molecule has 1 N–H and O–H groups in total. The molecule has 0 aromatic rings. The highest BCUT2D eigenvalue weighted by atomic mass is 16.7. The summed E-state index contributed by atoms with van der Waals surface area (Å²) in [6.45, 7) is 3.47. The molecule has 3 aliphatic rings. The summed E-state index contributed by atoms with van der Waals surface area (Å²) in [6.07, 6.45) is 4.22. The lowest BCUT2D eigenvalue weighted by Gasteiger charge is -2.31. The maximum Gasteiger partial charge on any atom is 0.0741 e. The van der Waals surface area contributed by atoms with Crippen LogP contribution in [0, 0.1) is 5.92 Å². The molecule has 3 saturated heterocycles. The first-order chi connectivity index (χ1) is 5.95. The van der Waals surface area contributed by atoms with Crippen molar-refractivity contribution in [3.63, 3.8) is 0 Å². The Morgan fingerprint density at radius 3 is 3.33 bits per heavy atom. The minimum Gasteiger partial charge on any atom is -0.301 e. The van der Waals surface area contributed by atoms with Crippen molar-refractivity contribution in [2.24, 2.45) is 5.92 Å². The molecule has 3 heteroatoms. The minimum absolute atomic E-state index is 0.632. The summed E-state index contributed by atoms with van der Waals surface area (Å²) in [5, 5.41) is 0. The molecule has 3 aliphatic heterocycles. The predicted molar refractivity (Wildman–Crippen MR) is 45.6 cm³/mol. The minimum atomic E-state index is 0.632. The summed E-state index contributed by atoms with van der Waals surface area (Å²) in [5.74, 6) is 0.783. The number of nitrogens with one attached hydrogen (secondary N) is 1. The summed E-state index contributed by atoms with van der Waals surface area (Å²) in [6, 6.07) is 1.46. The van der Waals surface area contributed by atoms with Crippen LogP contribution in [-0.2, 0) is 4.84 Å². The first-order valence-electron chi connectivity index (χ1n) is 5.06. The fraction of sp³-hybridized carbons (Fsp3) is 1.00. The zero-order valence-electron chi connectivity index (χ0n) is 7.33. The third-order valence-corrected chi connectivity index (χ3v) is 3.62. The Morgan fingerprint density at radius 2 is 2.33 bits per heavy atom. The lowest BCUT2D eigenvalue weighted by molar-refractivity contribution is 0.0546. The van der Waals surface area contributed by atoms with Crippen LogP contribution in [0.25, 0.3) is 0 Å². The number of hydroxylamine groups is 1. The molecule has 0 amide bonds. The molecule has 0 spiro atoms. The van der Waals surface area contributed by atoms with Crippen molar-refractivity contribution in [3.8, 4) is 0 Å². The van der Waals surface area contributed by atoms with Gasteiger partial charge in [-0.1, -0.05) is 6.42 Å². The van der Waals surface area contributed by atoms with E-state index in [1.807, 2.05) is 0 Å². The quantitative estimate of drug-likeness (QED) is 0.565. The standard InChI is InChI=1S/C9H16N2O/c1-2-4-11-5-8-7(6-12-10-8)9(11)3-1/h7-10H,1-6H2/t7-,8-,9+/m1/s1. The third kappa shape index (κ3) is 0.934. The Bertz CT molecular complexity index is 185. The Kier molecular flexibility index (Phi) is 1.63. The molecule has 0 radical (unpaired) electrons. The van der Waals surface area contributed by atoms with E-state index in [1.54, 1.807) is 0 Å². The van der Waals surface area contributed by atoms with Crippen molar-refractivity contribution in [1.82, 2.24) is 10.4 Å². The van der Waals surface area contributed by atoms with E-state index < -0.39 is 0 Å². The Balaban J connectivity index is 1.79. The summed E-state index contributed by atoms with van der Waals surface area (Å²) in [7, 11) is 0. The molecule has 0 aliphatic carbocycles. The van der Waals surface area contributed by atoms with Gasteiger partial charge in [0.25, 0.3) is 0 Å². The largest absolute Gasteiger partial charge is 0.301 e. The molecule has 3 nitrogen and oxygen atoms in total. The van der Waals surface area contributed by atoms with E-state index >= 15 is 0 Å². The van der Waals surface area contributed by atoms with Crippen LogP contribution in [0.4, 0.5) is 0 Å². The molecule has 0 unspecified atom stereocenters. The van der Waals surface area contributed by atoms with Gasteiger partial charge in [0.2, 0.25) is 0 Å². The highest BCUT2D eigenvalue weighted by Gasteiger charge is 2.45. The van der Waals surface area contributed by atoms with Crippen molar-refractivity contribution in [2.45, 2.75) is 31.3 Å². The molecule has 12 heavy (non-hydrogen) atoms. The smallest absolute Gasteiger partial charge is 0.0741 e. The fourth-order valence-corrected chi connectivity index (χ4v) is 2.99. The van der Waals surface area contributed by atoms with E-state index in [2.05, 4.69) is 10.4 Å². The van der Waals surface area contributed by atoms with Crippen molar-refractivity contribution in [2.75, 3.05) is 19.7 Å². The second-order valence-electron chi connectivity index (χ2n) is 4.26. The molecule has 0 bridgehead atoms. The third-order valence-electron chi connectivity index (χ3n) is 3.62. The molecule has 3 fully saturated rings. The Morgan fingerprint density at radius 1 is 1.33 bits per heavy atom. The number of hydrogen-bond acceptors (Lipinski definition) is 3. The van der Waals surface area contributed by atoms with Gasteiger partial charge in [-0.25, -0.2) is 0 Å². The monoisotopic (exact) mass is 168 g/mol.